The maximum absolute atomic E-state index is 12.9. The maximum Gasteiger partial charge on any atom is 0.306 e. The fourth-order valence-corrected chi connectivity index (χ4v) is 2.51. The SMILES string of the molecule is CCCCC(=O)OCC(=O)Nc1nc(-c2ccc(F)cc2)cs1. The molecule has 0 unspecified atom stereocenters. The number of aromatic nitrogens is 1. The number of nitrogens with one attached hydrogen (secondary N) is 1. The van der Waals surface area contributed by atoms with E-state index in [0.29, 0.717) is 17.2 Å². The number of halogens is 1. The van der Waals surface area contributed by atoms with Crippen molar-refractivity contribution >= 4 is 28.3 Å². The third kappa shape index (κ3) is 5.45. The van der Waals surface area contributed by atoms with Gasteiger partial charge in [-0.1, -0.05) is 13.3 Å². The lowest BCUT2D eigenvalue weighted by atomic mass is 10.2. The Morgan fingerprint density at radius 2 is 2.04 bits per heavy atom. The van der Waals surface area contributed by atoms with E-state index in [1.54, 1.807) is 17.5 Å². The van der Waals surface area contributed by atoms with Crippen molar-refractivity contribution in [2.75, 3.05) is 11.9 Å². The second-order valence-corrected chi connectivity index (χ2v) is 5.72. The topological polar surface area (TPSA) is 68.3 Å². The highest BCUT2D eigenvalue weighted by atomic mass is 32.1. The van der Waals surface area contributed by atoms with Gasteiger partial charge in [-0.05, 0) is 30.7 Å². The van der Waals surface area contributed by atoms with Crippen LogP contribution in [0.3, 0.4) is 0 Å². The molecular formula is C16H17FN2O3S. The molecule has 0 saturated carbocycles. The summed E-state index contributed by atoms with van der Waals surface area (Å²) in [4.78, 5) is 27.3. The Balaban J connectivity index is 1.85. The molecule has 1 heterocycles. The standard InChI is InChI=1S/C16H17FN2O3S/c1-2-3-4-15(21)22-9-14(20)19-16-18-13(10-23-16)11-5-7-12(17)8-6-11/h5-8,10H,2-4,9H2,1H3,(H,18,19,20). The van der Waals surface area contributed by atoms with Crippen LogP contribution in [0.2, 0.25) is 0 Å². The van der Waals surface area contributed by atoms with Gasteiger partial charge in [0.25, 0.3) is 5.91 Å². The number of benzene rings is 1. The minimum absolute atomic E-state index is 0.315. The second kappa shape index (κ2) is 8.38. The monoisotopic (exact) mass is 336 g/mol. The van der Waals surface area contributed by atoms with Crippen molar-refractivity contribution in [1.29, 1.82) is 0 Å². The Hall–Kier alpha value is -2.28. The average Bonchev–Trinajstić information content (AvgIpc) is 3.00. The third-order valence-electron chi connectivity index (χ3n) is 2.99. The normalized spacial score (nSPS) is 10.3. The van der Waals surface area contributed by atoms with Crippen LogP contribution < -0.4 is 5.32 Å². The molecule has 7 heteroatoms. The molecule has 0 fully saturated rings. The molecule has 23 heavy (non-hydrogen) atoms. The van der Waals surface area contributed by atoms with Crippen LogP contribution in [0, 0.1) is 5.82 Å². The molecule has 0 aliphatic rings. The number of ether oxygens (including phenoxy) is 1. The molecule has 1 aromatic carbocycles. The van der Waals surface area contributed by atoms with Gasteiger partial charge in [0.1, 0.15) is 5.82 Å². The zero-order valence-corrected chi connectivity index (χ0v) is 13.5. The van der Waals surface area contributed by atoms with Gasteiger partial charge < -0.3 is 4.74 Å². The lowest BCUT2D eigenvalue weighted by molar-refractivity contribution is -0.147. The van der Waals surface area contributed by atoms with E-state index in [2.05, 4.69) is 10.3 Å². The molecular weight excluding hydrogens is 319 g/mol. The molecule has 0 radical (unpaired) electrons. The van der Waals surface area contributed by atoms with E-state index in [0.717, 1.165) is 18.4 Å². The van der Waals surface area contributed by atoms with Gasteiger partial charge in [-0.25, -0.2) is 9.37 Å². The summed E-state index contributed by atoms with van der Waals surface area (Å²) in [5.74, 6) is -1.13. The van der Waals surface area contributed by atoms with Crippen molar-refractivity contribution < 1.29 is 18.7 Å². The van der Waals surface area contributed by atoms with Crippen molar-refractivity contribution in [3.05, 3.63) is 35.5 Å². The molecule has 0 saturated heterocycles. The minimum atomic E-state index is -0.435. The average molecular weight is 336 g/mol. The second-order valence-electron chi connectivity index (χ2n) is 4.86. The zero-order valence-electron chi connectivity index (χ0n) is 12.7. The first-order valence-corrected chi connectivity index (χ1v) is 8.13. The van der Waals surface area contributed by atoms with Crippen LogP contribution in [-0.2, 0) is 14.3 Å². The van der Waals surface area contributed by atoms with Crippen LogP contribution in [-0.4, -0.2) is 23.5 Å². The minimum Gasteiger partial charge on any atom is -0.456 e. The van der Waals surface area contributed by atoms with Crippen molar-refractivity contribution in [1.82, 2.24) is 4.98 Å². The van der Waals surface area contributed by atoms with E-state index < -0.39 is 5.91 Å². The Kier molecular flexibility index (Phi) is 6.22. The van der Waals surface area contributed by atoms with Gasteiger partial charge >= 0.3 is 5.97 Å². The molecule has 2 aromatic rings. The van der Waals surface area contributed by atoms with Crippen molar-refractivity contribution in [3.8, 4) is 11.3 Å². The van der Waals surface area contributed by atoms with E-state index in [-0.39, 0.29) is 18.4 Å². The number of carbonyl (C=O) groups is 2. The van der Waals surface area contributed by atoms with Gasteiger partial charge in [0.2, 0.25) is 0 Å². The number of carbonyl (C=O) groups excluding carboxylic acids is 2. The van der Waals surface area contributed by atoms with Crippen LogP contribution in [0.25, 0.3) is 11.3 Å². The summed E-state index contributed by atoms with van der Waals surface area (Å²) in [7, 11) is 0. The smallest absolute Gasteiger partial charge is 0.306 e. The van der Waals surface area contributed by atoms with Gasteiger partial charge in [0, 0.05) is 17.4 Å². The van der Waals surface area contributed by atoms with Gasteiger partial charge in [0.05, 0.1) is 5.69 Å². The highest BCUT2D eigenvalue weighted by Gasteiger charge is 2.10. The number of esters is 1. The Bertz CT molecular complexity index is 670. The van der Waals surface area contributed by atoms with Gasteiger partial charge in [0.15, 0.2) is 11.7 Å². The lowest BCUT2D eigenvalue weighted by Gasteiger charge is -2.04. The predicted molar refractivity (Wildman–Crippen MR) is 86.6 cm³/mol. The number of rotatable bonds is 7. The number of anilines is 1. The summed E-state index contributed by atoms with van der Waals surface area (Å²) in [6.45, 7) is 1.65. The molecule has 0 bridgehead atoms. The molecule has 0 aliphatic heterocycles. The predicted octanol–water partition coefficient (Wildman–Crippen LogP) is 3.62. The Morgan fingerprint density at radius 3 is 2.74 bits per heavy atom. The number of nitrogens with zero attached hydrogens (tertiary/aromatic N) is 1. The van der Waals surface area contributed by atoms with Crippen LogP contribution in [0.5, 0.6) is 0 Å². The van der Waals surface area contributed by atoms with E-state index >= 15 is 0 Å². The largest absolute Gasteiger partial charge is 0.456 e. The molecule has 1 N–H and O–H groups in total. The summed E-state index contributed by atoms with van der Waals surface area (Å²) in [5.41, 5.74) is 1.40. The summed E-state index contributed by atoms with van der Waals surface area (Å²) >= 11 is 1.25. The Labute approximate surface area is 137 Å². The summed E-state index contributed by atoms with van der Waals surface area (Å²) in [5, 5.41) is 4.73. The molecule has 0 atom stereocenters. The van der Waals surface area contributed by atoms with Crippen LogP contribution in [0.1, 0.15) is 26.2 Å². The van der Waals surface area contributed by atoms with E-state index in [4.69, 9.17) is 4.74 Å². The van der Waals surface area contributed by atoms with E-state index in [9.17, 15) is 14.0 Å². The van der Waals surface area contributed by atoms with Crippen LogP contribution >= 0.6 is 11.3 Å². The van der Waals surface area contributed by atoms with Crippen molar-refractivity contribution in [3.63, 3.8) is 0 Å². The molecule has 1 amide bonds. The molecule has 0 aliphatic carbocycles. The molecule has 2 rings (SSSR count). The fourth-order valence-electron chi connectivity index (χ4n) is 1.78. The van der Waals surface area contributed by atoms with Gasteiger partial charge in [-0.2, -0.15) is 0 Å². The first-order valence-electron chi connectivity index (χ1n) is 7.25. The quantitative estimate of drug-likeness (QED) is 0.784. The molecule has 0 spiro atoms. The van der Waals surface area contributed by atoms with Crippen molar-refractivity contribution in [2.24, 2.45) is 0 Å². The Morgan fingerprint density at radius 1 is 1.30 bits per heavy atom. The first-order chi connectivity index (χ1) is 11.1. The number of amides is 1. The highest BCUT2D eigenvalue weighted by molar-refractivity contribution is 7.14. The van der Waals surface area contributed by atoms with Gasteiger partial charge in [-0.3, -0.25) is 14.9 Å². The van der Waals surface area contributed by atoms with E-state index in [1.807, 2.05) is 6.92 Å². The third-order valence-corrected chi connectivity index (χ3v) is 3.75. The number of hydrogen-bond donors (Lipinski definition) is 1. The molecule has 1 aromatic heterocycles. The maximum atomic E-state index is 12.9. The van der Waals surface area contributed by atoms with Gasteiger partial charge in [-0.15, -0.1) is 11.3 Å². The fraction of sp³-hybridized carbons (Fsp3) is 0.312. The molecule has 122 valence electrons. The van der Waals surface area contributed by atoms with E-state index in [1.165, 1.54) is 23.5 Å². The molecule has 5 nitrogen and oxygen atoms in total. The number of hydrogen-bond acceptors (Lipinski definition) is 5. The van der Waals surface area contributed by atoms with Crippen LogP contribution in [0.15, 0.2) is 29.6 Å². The summed E-state index contributed by atoms with van der Waals surface area (Å²) in [6.07, 6.45) is 1.95. The number of thiazole rings is 1. The zero-order chi connectivity index (χ0) is 16.7. The van der Waals surface area contributed by atoms with Crippen molar-refractivity contribution in [2.45, 2.75) is 26.2 Å². The number of unbranched alkanes of at least 4 members (excludes halogenated alkanes) is 1. The summed E-state index contributed by atoms with van der Waals surface area (Å²) < 4.78 is 17.8. The summed E-state index contributed by atoms with van der Waals surface area (Å²) in [6, 6.07) is 5.93. The highest BCUT2D eigenvalue weighted by Crippen LogP contribution is 2.24. The first kappa shape index (κ1) is 17.1. The van der Waals surface area contributed by atoms with Crippen LogP contribution in [0.4, 0.5) is 9.52 Å². The lowest BCUT2D eigenvalue weighted by Crippen LogP contribution is -2.20.